The number of pyridine rings is 2. The number of carboxylic acid groups (broad SMARTS) is 2. The van der Waals surface area contributed by atoms with E-state index in [9.17, 15) is 9.59 Å². The average Bonchev–Trinajstić information content (AvgIpc) is 2.38. The highest BCUT2D eigenvalue weighted by atomic mass is 16.4. The highest BCUT2D eigenvalue weighted by molar-refractivity contribution is 5.99. The molecule has 6 heteroatoms. The first kappa shape index (κ1) is 12.7. The minimum absolute atomic E-state index is 0.193. The summed E-state index contributed by atoms with van der Waals surface area (Å²) < 4.78 is 0. The van der Waals surface area contributed by atoms with Crippen molar-refractivity contribution in [2.45, 2.75) is 6.92 Å². The van der Waals surface area contributed by atoms with E-state index >= 15 is 0 Å². The van der Waals surface area contributed by atoms with Gasteiger partial charge in [0.15, 0.2) is 11.4 Å². The molecule has 2 rings (SSSR count). The lowest BCUT2D eigenvalue weighted by Gasteiger charge is -2.08. The van der Waals surface area contributed by atoms with E-state index < -0.39 is 11.9 Å². The summed E-state index contributed by atoms with van der Waals surface area (Å²) in [7, 11) is 0. The van der Waals surface area contributed by atoms with E-state index in [0.717, 1.165) is 5.56 Å². The van der Waals surface area contributed by atoms with E-state index in [2.05, 4.69) is 9.97 Å². The summed E-state index contributed by atoms with van der Waals surface area (Å²) in [6.07, 6.45) is 2.76. The summed E-state index contributed by atoms with van der Waals surface area (Å²) in [5.41, 5.74) is 0.834. The molecule has 0 unspecified atom stereocenters. The second-order valence-corrected chi connectivity index (χ2v) is 3.92. The van der Waals surface area contributed by atoms with Crippen molar-refractivity contribution in [1.82, 2.24) is 9.97 Å². The SMILES string of the molecule is Cc1cnc(C(=O)O)c(-c2cccnc2C(=O)O)c1. The molecule has 2 aromatic rings. The normalized spacial score (nSPS) is 10.2. The second-order valence-electron chi connectivity index (χ2n) is 3.92. The molecular weight excluding hydrogens is 248 g/mol. The van der Waals surface area contributed by atoms with Crippen LogP contribution in [-0.2, 0) is 0 Å². The molecule has 2 N–H and O–H groups in total. The number of aryl methyl sites for hydroxylation is 1. The highest BCUT2D eigenvalue weighted by Crippen LogP contribution is 2.26. The molecule has 6 nitrogen and oxygen atoms in total. The summed E-state index contributed by atoms with van der Waals surface area (Å²) in [4.78, 5) is 29.9. The molecule has 0 aliphatic heterocycles. The topological polar surface area (TPSA) is 100 Å². The number of carboxylic acids is 2. The van der Waals surface area contributed by atoms with Gasteiger partial charge in [0.05, 0.1) is 0 Å². The zero-order chi connectivity index (χ0) is 14.0. The fraction of sp³-hybridized carbons (Fsp3) is 0.0769. The van der Waals surface area contributed by atoms with Gasteiger partial charge < -0.3 is 10.2 Å². The maximum atomic E-state index is 11.2. The number of aromatic nitrogens is 2. The number of hydrogen-bond donors (Lipinski definition) is 2. The molecule has 0 spiro atoms. The minimum atomic E-state index is -1.21. The molecule has 19 heavy (non-hydrogen) atoms. The third-order valence-electron chi connectivity index (χ3n) is 2.53. The zero-order valence-electron chi connectivity index (χ0n) is 9.99. The summed E-state index contributed by atoms with van der Waals surface area (Å²) in [6, 6.07) is 4.65. The highest BCUT2D eigenvalue weighted by Gasteiger charge is 2.19. The molecule has 2 aromatic heterocycles. The van der Waals surface area contributed by atoms with Crippen LogP contribution in [0.5, 0.6) is 0 Å². The Morgan fingerprint density at radius 2 is 1.68 bits per heavy atom. The third-order valence-corrected chi connectivity index (χ3v) is 2.53. The van der Waals surface area contributed by atoms with Gasteiger partial charge in [-0.25, -0.2) is 19.6 Å². The van der Waals surface area contributed by atoms with Crippen molar-refractivity contribution >= 4 is 11.9 Å². The van der Waals surface area contributed by atoms with Gasteiger partial charge in [-0.2, -0.15) is 0 Å². The number of aromatic carboxylic acids is 2. The van der Waals surface area contributed by atoms with Gasteiger partial charge in [0.2, 0.25) is 0 Å². The largest absolute Gasteiger partial charge is 0.476 e. The summed E-state index contributed by atoms with van der Waals surface area (Å²) in [5.74, 6) is -2.43. The number of nitrogens with zero attached hydrogens (tertiary/aromatic N) is 2. The molecular formula is C13H10N2O4. The van der Waals surface area contributed by atoms with E-state index in [4.69, 9.17) is 10.2 Å². The smallest absolute Gasteiger partial charge is 0.355 e. The lowest BCUT2D eigenvalue weighted by molar-refractivity contribution is 0.0678. The fourth-order valence-corrected chi connectivity index (χ4v) is 1.74. The molecule has 0 fully saturated rings. The molecule has 0 aliphatic carbocycles. The number of carbonyl (C=O) groups is 2. The van der Waals surface area contributed by atoms with Gasteiger partial charge >= 0.3 is 11.9 Å². The Morgan fingerprint density at radius 3 is 2.32 bits per heavy atom. The van der Waals surface area contributed by atoms with Gasteiger partial charge in [0, 0.05) is 23.5 Å². The van der Waals surface area contributed by atoms with Crippen molar-refractivity contribution in [1.29, 1.82) is 0 Å². The molecule has 0 aliphatic rings. The predicted molar refractivity (Wildman–Crippen MR) is 66.1 cm³/mol. The van der Waals surface area contributed by atoms with Crippen LogP contribution in [-0.4, -0.2) is 32.1 Å². The van der Waals surface area contributed by atoms with E-state index in [1.807, 2.05) is 0 Å². The van der Waals surface area contributed by atoms with Crippen LogP contribution in [0.1, 0.15) is 26.5 Å². The fourth-order valence-electron chi connectivity index (χ4n) is 1.74. The third kappa shape index (κ3) is 2.42. The van der Waals surface area contributed by atoms with Gasteiger partial charge in [-0.1, -0.05) is 6.07 Å². The van der Waals surface area contributed by atoms with E-state index in [0.29, 0.717) is 0 Å². The Balaban J connectivity index is 2.75. The van der Waals surface area contributed by atoms with Crippen molar-refractivity contribution in [3.8, 4) is 11.1 Å². The summed E-state index contributed by atoms with van der Waals surface area (Å²) in [5, 5.41) is 18.2. The number of hydrogen-bond acceptors (Lipinski definition) is 4. The first-order valence-corrected chi connectivity index (χ1v) is 5.39. The predicted octanol–water partition coefficient (Wildman–Crippen LogP) is 1.85. The first-order valence-electron chi connectivity index (χ1n) is 5.39. The molecule has 2 heterocycles. The Kier molecular flexibility index (Phi) is 3.24. The van der Waals surface area contributed by atoms with Crippen molar-refractivity contribution in [3.63, 3.8) is 0 Å². The Bertz CT molecular complexity index is 667. The van der Waals surface area contributed by atoms with Crippen LogP contribution in [0.3, 0.4) is 0 Å². The van der Waals surface area contributed by atoms with Crippen LogP contribution in [0, 0.1) is 6.92 Å². The lowest BCUT2D eigenvalue weighted by atomic mass is 10.0. The van der Waals surface area contributed by atoms with Gasteiger partial charge in [0.25, 0.3) is 0 Å². The van der Waals surface area contributed by atoms with Crippen LogP contribution in [0.4, 0.5) is 0 Å². The maximum Gasteiger partial charge on any atom is 0.355 e. The second kappa shape index (κ2) is 4.85. The van der Waals surface area contributed by atoms with E-state index in [1.165, 1.54) is 18.5 Å². The average molecular weight is 258 g/mol. The summed E-state index contributed by atoms with van der Waals surface area (Å²) in [6.45, 7) is 1.75. The molecule has 0 bridgehead atoms. The van der Waals surface area contributed by atoms with Crippen LogP contribution in [0.2, 0.25) is 0 Å². The van der Waals surface area contributed by atoms with Crippen molar-refractivity contribution in [3.05, 3.63) is 47.5 Å². The lowest BCUT2D eigenvalue weighted by Crippen LogP contribution is -2.08. The van der Waals surface area contributed by atoms with Crippen LogP contribution < -0.4 is 0 Å². The zero-order valence-corrected chi connectivity index (χ0v) is 9.99. The first-order chi connectivity index (χ1) is 9.00. The maximum absolute atomic E-state index is 11.2. The van der Waals surface area contributed by atoms with Gasteiger partial charge in [0.1, 0.15) is 0 Å². The van der Waals surface area contributed by atoms with Gasteiger partial charge in [-0.15, -0.1) is 0 Å². The molecule has 0 saturated heterocycles. The molecule has 0 atom stereocenters. The van der Waals surface area contributed by atoms with Crippen LogP contribution in [0.25, 0.3) is 11.1 Å². The van der Waals surface area contributed by atoms with Crippen molar-refractivity contribution < 1.29 is 19.8 Å². The quantitative estimate of drug-likeness (QED) is 0.871. The van der Waals surface area contributed by atoms with Gasteiger partial charge in [-0.05, 0) is 24.6 Å². The summed E-state index contributed by atoms with van der Waals surface area (Å²) >= 11 is 0. The van der Waals surface area contributed by atoms with Crippen LogP contribution >= 0.6 is 0 Å². The minimum Gasteiger partial charge on any atom is -0.476 e. The molecule has 0 radical (unpaired) electrons. The molecule has 0 amide bonds. The Labute approximate surface area is 108 Å². The van der Waals surface area contributed by atoms with E-state index in [1.54, 1.807) is 19.1 Å². The van der Waals surface area contributed by atoms with Crippen molar-refractivity contribution in [2.75, 3.05) is 0 Å². The Morgan fingerprint density at radius 1 is 1.05 bits per heavy atom. The molecule has 96 valence electrons. The number of rotatable bonds is 3. The van der Waals surface area contributed by atoms with Gasteiger partial charge in [-0.3, -0.25) is 0 Å². The standard InChI is InChI=1S/C13H10N2O4/c1-7-5-9(11(13(18)19)15-6-7)8-3-2-4-14-10(8)12(16)17/h2-6H,1H3,(H,16,17)(H,18,19). The monoisotopic (exact) mass is 258 g/mol. The van der Waals surface area contributed by atoms with Crippen molar-refractivity contribution in [2.24, 2.45) is 0 Å². The van der Waals surface area contributed by atoms with Crippen LogP contribution in [0.15, 0.2) is 30.6 Å². The Hall–Kier alpha value is -2.76. The molecule has 0 saturated carbocycles. The molecule has 0 aromatic carbocycles. The van der Waals surface area contributed by atoms with E-state index in [-0.39, 0.29) is 22.5 Å².